The van der Waals surface area contributed by atoms with Gasteiger partial charge in [-0.3, -0.25) is 4.79 Å². The topological polar surface area (TPSA) is 87.3 Å². The minimum absolute atomic E-state index is 0.0264. The average Bonchev–Trinajstić information content (AvgIpc) is 2.78. The van der Waals surface area contributed by atoms with Gasteiger partial charge in [-0.1, -0.05) is 30.3 Å². The molecule has 0 radical (unpaired) electrons. The molecule has 1 saturated heterocycles. The fourth-order valence-corrected chi connectivity index (χ4v) is 5.53. The molecule has 0 aromatic heterocycles. The lowest BCUT2D eigenvalue weighted by Gasteiger charge is -2.24. The van der Waals surface area contributed by atoms with E-state index in [1.165, 1.54) is 24.3 Å². The van der Waals surface area contributed by atoms with Crippen LogP contribution in [0, 0.1) is 5.82 Å². The van der Waals surface area contributed by atoms with Crippen LogP contribution in [-0.4, -0.2) is 33.5 Å². The summed E-state index contributed by atoms with van der Waals surface area (Å²) in [6.45, 7) is 1.38. The number of rotatable bonds is 5. The Kier molecular flexibility index (Phi) is 6.61. The van der Waals surface area contributed by atoms with Crippen LogP contribution in [0.25, 0.3) is 10.8 Å². The standard InChI is InChI=1S/C23H21F4N3O3S/c24-18-7-3-6-17(23(25,26)27)21(18)22(31)29-19-8-9-20(16-5-2-1-4-15(16)19)34(32,33)30-14-10-12-28-13-11-14/h1-9,14,28,30H,10-13H2,(H,29,31). The molecule has 3 N–H and O–H groups in total. The van der Waals surface area contributed by atoms with Gasteiger partial charge in [-0.05, 0) is 50.2 Å². The van der Waals surface area contributed by atoms with Crippen molar-refractivity contribution in [3.05, 3.63) is 71.5 Å². The molecule has 1 amide bonds. The van der Waals surface area contributed by atoms with Crippen molar-refractivity contribution in [3.8, 4) is 0 Å². The third kappa shape index (κ3) is 4.91. The van der Waals surface area contributed by atoms with Crippen LogP contribution >= 0.6 is 0 Å². The Morgan fingerprint density at radius 1 is 0.941 bits per heavy atom. The predicted molar refractivity (Wildman–Crippen MR) is 120 cm³/mol. The second-order valence-electron chi connectivity index (χ2n) is 7.92. The minimum atomic E-state index is -4.94. The summed E-state index contributed by atoms with van der Waals surface area (Å²) in [6, 6.07) is 10.9. The van der Waals surface area contributed by atoms with Gasteiger partial charge in [0.05, 0.1) is 16.0 Å². The van der Waals surface area contributed by atoms with Crippen LogP contribution in [0.5, 0.6) is 0 Å². The van der Waals surface area contributed by atoms with Gasteiger partial charge >= 0.3 is 6.18 Å². The summed E-state index contributed by atoms with van der Waals surface area (Å²) in [7, 11) is -3.92. The molecule has 4 rings (SSSR count). The van der Waals surface area contributed by atoms with Crippen LogP contribution in [0.3, 0.4) is 0 Å². The zero-order valence-electron chi connectivity index (χ0n) is 17.7. The summed E-state index contributed by atoms with van der Waals surface area (Å²) < 4.78 is 83.1. The molecule has 1 heterocycles. The van der Waals surface area contributed by atoms with Gasteiger partial charge in [-0.15, -0.1) is 0 Å². The molecule has 180 valence electrons. The first kappa shape index (κ1) is 24.1. The van der Waals surface area contributed by atoms with Crippen LogP contribution in [-0.2, 0) is 16.2 Å². The number of nitrogens with one attached hydrogen (secondary N) is 3. The molecule has 0 bridgehead atoms. The van der Waals surface area contributed by atoms with Gasteiger partial charge in [0.1, 0.15) is 5.82 Å². The minimum Gasteiger partial charge on any atom is -0.321 e. The van der Waals surface area contributed by atoms with Crippen LogP contribution in [0.15, 0.2) is 59.5 Å². The van der Waals surface area contributed by atoms with E-state index in [2.05, 4.69) is 15.4 Å². The lowest BCUT2D eigenvalue weighted by Crippen LogP contribution is -2.42. The Hall–Kier alpha value is -3.02. The first-order chi connectivity index (χ1) is 16.1. The molecule has 1 aliphatic heterocycles. The number of fused-ring (bicyclic) bond motifs is 1. The van der Waals surface area contributed by atoms with E-state index in [0.717, 1.165) is 12.1 Å². The molecule has 0 atom stereocenters. The number of anilines is 1. The van der Waals surface area contributed by atoms with E-state index in [0.29, 0.717) is 32.0 Å². The smallest absolute Gasteiger partial charge is 0.321 e. The number of piperidine rings is 1. The predicted octanol–water partition coefficient (Wildman–Crippen LogP) is 4.28. The van der Waals surface area contributed by atoms with E-state index in [1.807, 2.05) is 0 Å². The monoisotopic (exact) mass is 495 g/mol. The van der Waals surface area contributed by atoms with Crippen molar-refractivity contribution in [2.45, 2.75) is 30.0 Å². The fraction of sp³-hybridized carbons (Fsp3) is 0.261. The molecule has 11 heteroatoms. The van der Waals surface area contributed by atoms with Crippen molar-refractivity contribution < 1.29 is 30.8 Å². The van der Waals surface area contributed by atoms with E-state index in [1.54, 1.807) is 12.1 Å². The van der Waals surface area contributed by atoms with Gasteiger partial charge in [-0.25, -0.2) is 17.5 Å². The molecule has 34 heavy (non-hydrogen) atoms. The fourth-order valence-electron chi connectivity index (χ4n) is 4.01. The van der Waals surface area contributed by atoms with Crippen molar-refractivity contribution >= 4 is 32.4 Å². The highest BCUT2D eigenvalue weighted by molar-refractivity contribution is 7.89. The number of alkyl halides is 3. The summed E-state index contributed by atoms with van der Waals surface area (Å²) in [5, 5.41) is 6.02. The Balaban J connectivity index is 1.71. The molecule has 1 fully saturated rings. The summed E-state index contributed by atoms with van der Waals surface area (Å²) in [5.41, 5.74) is -2.49. The maximum atomic E-state index is 14.2. The lowest BCUT2D eigenvalue weighted by atomic mass is 10.0. The Labute approximate surface area is 193 Å². The number of hydrogen-bond donors (Lipinski definition) is 3. The molecule has 3 aromatic carbocycles. The van der Waals surface area contributed by atoms with Gasteiger partial charge in [0.2, 0.25) is 10.0 Å². The third-order valence-corrected chi connectivity index (χ3v) is 7.21. The van der Waals surface area contributed by atoms with E-state index in [4.69, 9.17) is 0 Å². The van der Waals surface area contributed by atoms with Crippen LogP contribution in [0.4, 0.5) is 23.2 Å². The summed E-state index contributed by atoms with van der Waals surface area (Å²) in [6.07, 6.45) is -3.67. The molecule has 0 aliphatic carbocycles. The van der Waals surface area contributed by atoms with Crippen LogP contribution < -0.4 is 15.4 Å². The average molecular weight is 495 g/mol. The largest absolute Gasteiger partial charge is 0.417 e. The molecule has 0 unspecified atom stereocenters. The highest BCUT2D eigenvalue weighted by atomic mass is 32.2. The third-order valence-electron chi connectivity index (χ3n) is 5.63. The number of carbonyl (C=O) groups excluding carboxylic acids is 1. The number of benzene rings is 3. The number of amides is 1. The quantitative estimate of drug-likeness (QED) is 0.461. The van der Waals surface area contributed by atoms with Crippen molar-refractivity contribution in [3.63, 3.8) is 0 Å². The van der Waals surface area contributed by atoms with E-state index < -0.39 is 39.1 Å². The maximum absolute atomic E-state index is 14.2. The molecule has 1 aliphatic rings. The van der Waals surface area contributed by atoms with E-state index >= 15 is 0 Å². The Morgan fingerprint density at radius 2 is 1.62 bits per heavy atom. The van der Waals surface area contributed by atoms with Crippen molar-refractivity contribution in [2.24, 2.45) is 0 Å². The van der Waals surface area contributed by atoms with Gasteiger partial charge in [0, 0.05) is 22.5 Å². The molecular formula is C23H21F4N3O3S. The lowest BCUT2D eigenvalue weighted by molar-refractivity contribution is -0.138. The molecule has 3 aromatic rings. The summed E-state index contributed by atoms with van der Waals surface area (Å²) in [5.74, 6) is -2.61. The van der Waals surface area contributed by atoms with Gasteiger partial charge in [-0.2, -0.15) is 13.2 Å². The summed E-state index contributed by atoms with van der Waals surface area (Å²) >= 11 is 0. The van der Waals surface area contributed by atoms with Crippen LogP contribution in [0.2, 0.25) is 0 Å². The highest BCUT2D eigenvalue weighted by Gasteiger charge is 2.37. The van der Waals surface area contributed by atoms with Crippen LogP contribution in [0.1, 0.15) is 28.8 Å². The molecule has 0 saturated carbocycles. The van der Waals surface area contributed by atoms with Crippen molar-refractivity contribution in [2.75, 3.05) is 18.4 Å². The summed E-state index contributed by atoms with van der Waals surface area (Å²) in [4.78, 5) is 12.7. The zero-order valence-corrected chi connectivity index (χ0v) is 18.6. The maximum Gasteiger partial charge on any atom is 0.417 e. The molecular weight excluding hydrogens is 474 g/mol. The van der Waals surface area contributed by atoms with Gasteiger partial charge in [0.25, 0.3) is 5.91 Å². The van der Waals surface area contributed by atoms with Crippen molar-refractivity contribution in [1.82, 2.24) is 10.0 Å². The molecule has 6 nitrogen and oxygen atoms in total. The highest BCUT2D eigenvalue weighted by Crippen LogP contribution is 2.35. The van der Waals surface area contributed by atoms with Gasteiger partial charge < -0.3 is 10.6 Å². The number of carbonyl (C=O) groups is 1. The first-order valence-corrected chi connectivity index (χ1v) is 12.0. The van der Waals surface area contributed by atoms with Gasteiger partial charge in [0.15, 0.2) is 0 Å². The van der Waals surface area contributed by atoms with E-state index in [9.17, 15) is 30.8 Å². The van der Waals surface area contributed by atoms with E-state index in [-0.39, 0.29) is 27.4 Å². The zero-order chi connectivity index (χ0) is 24.5. The number of halogens is 4. The van der Waals surface area contributed by atoms with Crippen molar-refractivity contribution in [1.29, 1.82) is 0 Å². The normalized spacial score (nSPS) is 15.4. The second-order valence-corrected chi connectivity index (χ2v) is 9.60. The second kappa shape index (κ2) is 9.32. The Bertz CT molecular complexity index is 1340. The number of sulfonamides is 1. The number of hydrogen-bond acceptors (Lipinski definition) is 4. The molecule has 0 spiro atoms. The first-order valence-electron chi connectivity index (χ1n) is 10.5. The Morgan fingerprint density at radius 3 is 2.29 bits per heavy atom. The SMILES string of the molecule is O=C(Nc1ccc(S(=O)(=O)NC2CCNCC2)c2ccccc12)c1c(F)cccc1C(F)(F)F.